The summed E-state index contributed by atoms with van der Waals surface area (Å²) in [5, 5.41) is 4.41. The van der Waals surface area contributed by atoms with Crippen LogP contribution in [-0.2, 0) is 16.1 Å². The number of amides is 1. The molecule has 2 heterocycles. The van der Waals surface area contributed by atoms with Gasteiger partial charge >= 0.3 is 0 Å². The number of nitrogens with zero attached hydrogens (tertiary/aromatic N) is 1. The largest absolute Gasteiger partial charge is 0.381 e. The Hall–Kier alpha value is -1.75. The summed E-state index contributed by atoms with van der Waals surface area (Å²) in [5.41, 5.74) is 3.40. The van der Waals surface area contributed by atoms with Crippen LogP contribution in [0.3, 0.4) is 0 Å². The zero-order chi connectivity index (χ0) is 17.9. The summed E-state index contributed by atoms with van der Waals surface area (Å²) in [6.07, 6.45) is 10.4. The van der Waals surface area contributed by atoms with Crippen molar-refractivity contribution in [3.05, 3.63) is 24.4 Å². The first-order chi connectivity index (χ1) is 12.7. The molecule has 0 radical (unpaired) electrons. The lowest BCUT2D eigenvalue weighted by atomic mass is 9.91. The van der Waals surface area contributed by atoms with Gasteiger partial charge in [0.25, 0.3) is 0 Å². The van der Waals surface area contributed by atoms with E-state index in [4.69, 9.17) is 4.74 Å². The molecule has 4 rings (SSSR count). The second-order valence-electron chi connectivity index (χ2n) is 8.18. The molecule has 0 bridgehead atoms. The van der Waals surface area contributed by atoms with Gasteiger partial charge in [-0.05, 0) is 24.8 Å². The van der Waals surface area contributed by atoms with E-state index in [9.17, 15) is 4.79 Å². The van der Waals surface area contributed by atoms with Gasteiger partial charge in [-0.1, -0.05) is 43.3 Å². The van der Waals surface area contributed by atoms with Crippen molar-refractivity contribution in [2.75, 3.05) is 18.5 Å². The topological polar surface area (TPSA) is 43.3 Å². The van der Waals surface area contributed by atoms with Gasteiger partial charge in [0.05, 0.1) is 18.9 Å². The van der Waals surface area contributed by atoms with Crippen LogP contribution in [0, 0.1) is 11.8 Å². The number of fused-ring (bicyclic) bond motifs is 1. The second-order valence-corrected chi connectivity index (χ2v) is 8.18. The van der Waals surface area contributed by atoms with Gasteiger partial charge in [-0.3, -0.25) is 4.79 Å². The smallest absolute Gasteiger partial charge is 0.224 e. The maximum absolute atomic E-state index is 12.7. The fraction of sp³-hybridized carbons (Fsp3) is 0.571. The minimum Gasteiger partial charge on any atom is -0.381 e. The van der Waals surface area contributed by atoms with Gasteiger partial charge < -0.3 is 14.6 Å². The SMILES string of the molecule is Bc1cccc2c1c(NC(=O)CC1CCCCCC1)cn2CC1COC1. The van der Waals surface area contributed by atoms with Crippen molar-refractivity contribution in [2.24, 2.45) is 11.8 Å². The Morgan fingerprint density at radius 3 is 2.62 bits per heavy atom. The van der Waals surface area contributed by atoms with Gasteiger partial charge in [-0.25, -0.2) is 0 Å². The van der Waals surface area contributed by atoms with Gasteiger partial charge in [-0.15, -0.1) is 0 Å². The van der Waals surface area contributed by atoms with Gasteiger partial charge in [0.2, 0.25) is 5.91 Å². The predicted octanol–water partition coefficient (Wildman–Crippen LogP) is 2.85. The van der Waals surface area contributed by atoms with E-state index in [1.807, 2.05) is 0 Å². The number of carbonyl (C=O) groups is 1. The van der Waals surface area contributed by atoms with Crippen LogP contribution in [-0.4, -0.2) is 31.5 Å². The van der Waals surface area contributed by atoms with E-state index >= 15 is 0 Å². The molecule has 5 heteroatoms. The Kier molecular flexibility index (Phi) is 5.35. The molecule has 26 heavy (non-hydrogen) atoms. The summed E-state index contributed by atoms with van der Waals surface area (Å²) in [6, 6.07) is 6.38. The zero-order valence-corrected chi connectivity index (χ0v) is 15.8. The highest BCUT2D eigenvalue weighted by atomic mass is 16.5. The fourth-order valence-corrected chi connectivity index (χ4v) is 4.48. The van der Waals surface area contributed by atoms with E-state index in [1.165, 1.54) is 54.9 Å². The molecule has 1 aromatic carbocycles. The normalized spacial score (nSPS) is 19.2. The molecule has 4 nitrogen and oxygen atoms in total. The van der Waals surface area contributed by atoms with E-state index in [0.717, 1.165) is 25.4 Å². The number of anilines is 1. The van der Waals surface area contributed by atoms with Crippen LogP contribution in [0.1, 0.15) is 44.9 Å². The van der Waals surface area contributed by atoms with E-state index in [-0.39, 0.29) is 5.91 Å². The Balaban J connectivity index is 1.52. The highest BCUT2D eigenvalue weighted by molar-refractivity contribution is 6.40. The van der Waals surface area contributed by atoms with Crippen LogP contribution < -0.4 is 10.8 Å². The molecule has 2 fully saturated rings. The molecule has 1 saturated heterocycles. The van der Waals surface area contributed by atoms with E-state index in [1.54, 1.807) is 0 Å². The molecule has 1 aliphatic heterocycles. The minimum absolute atomic E-state index is 0.172. The first kappa shape index (κ1) is 17.7. The monoisotopic (exact) mass is 352 g/mol. The molecule has 0 atom stereocenters. The third kappa shape index (κ3) is 3.83. The quantitative estimate of drug-likeness (QED) is 0.664. The van der Waals surface area contributed by atoms with Gasteiger partial charge in [-0.2, -0.15) is 0 Å². The van der Waals surface area contributed by atoms with Crippen molar-refractivity contribution in [3.8, 4) is 0 Å². The first-order valence-electron chi connectivity index (χ1n) is 10.2. The number of hydrogen-bond acceptors (Lipinski definition) is 2. The Labute approximate surface area is 156 Å². The summed E-state index contributed by atoms with van der Waals surface area (Å²) in [5.74, 6) is 1.31. The number of benzene rings is 1. The van der Waals surface area contributed by atoms with Crippen LogP contribution in [0.2, 0.25) is 0 Å². The van der Waals surface area contributed by atoms with Crippen molar-refractivity contribution in [2.45, 2.75) is 51.5 Å². The summed E-state index contributed by atoms with van der Waals surface area (Å²) in [4.78, 5) is 12.7. The molecule has 138 valence electrons. The third-order valence-electron chi connectivity index (χ3n) is 6.00. The Morgan fingerprint density at radius 2 is 1.92 bits per heavy atom. The second kappa shape index (κ2) is 7.87. The molecule has 1 amide bonds. The maximum atomic E-state index is 12.7. The molecule has 1 saturated carbocycles. The number of aromatic nitrogens is 1. The molecule has 1 N–H and O–H groups in total. The Bertz CT molecular complexity index is 774. The van der Waals surface area contributed by atoms with Gasteiger partial charge in [0, 0.05) is 36.0 Å². The number of rotatable bonds is 5. The van der Waals surface area contributed by atoms with Crippen molar-refractivity contribution >= 4 is 35.8 Å². The van der Waals surface area contributed by atoms with Gasteiger partial charge in [0.1, 0.15) is 7.85 Å². The van der Waals surface area contributed by atoms with E-state index in [0.29, 0.717) is 18.3 Å². The molecule has 2 aromatic rings. The van der Waals surface area contributed by atoms with E-state index < -0.39 is 0 Å². The first-order valence-corrected chi connectivity index (χ1v) is 10.2. The van der Waals surface area contributed by atoms with Crippen molar-refractivity contribution in [1.82, 2.24) is 4.57 Å². The Morgan fingerprint density at radius 1 is 1.15 bits per heavy atom. The molecule has 0 spiro atoms. The molecule has 1 aromatic heterocycles. The van der Waals surface area contributed by atoms with E-state index in [2.05, 4.69) is 42.1 Å². The molecular weight excluding hydrogens is 323 g/mol. The average molecular weight is 352 g/mol. The maximum Gasteiger partial charge on any atom is 0.224 e. The predicted molar refractivity (Wildman–Crippen MR) is 109 cm³/mol. The van der Waals surface area contributed by atoms with Crippen LogP contribution >= 0.6 is 0 Å². The molecule has 1 aliphatic carbocycles. The lowest BCUT2D eigenvalue weighted by Gasteiger charge is -2.26. The summed E-state index contributed by atoms with van der Waals surface area (Å²) in [7, 11) is 2.13. The highest BCUT2D eigenvalue weighted by Gasteiger charge is 2.22. The lowest BCUT2D eigenvalue weighted by Crippen LogP contribution is -2.31. The van der Waals surface area contributed by atoms with Crippen LogP contribution in [0.15, 0.2) is 24.4 Å². The fourth-order valence-electron chi connectivity index (χ4n) is 4.48. The third-order valence-corrected chi connectivity index (χ3v) is 6.00. The number of ether oxygens (including phenoxy) is 1. The van der Waals surface area contributed by atoms with Crippen LogP contribution in [0.25, 0.3) is 10.9 Å². The van der Waals surface area contributed by atoms with Gasteiger partial charge in [0.15, 0.2) is 0 Å². The van der Waals surface area contributed by atoms with Crippen molar-refractivity contribution < 1.29 is 9.53 Å². The summed E-state index contributed by atoms with van der Waals surface area (Å²) >= 11 is 0. The van der Waals surface area contributed by atoms with Crippen molar-refractivity contribution in [3.63, 3.8) is 0 Å². The molecular formula is C21H29BN2O2. The lowest BCUT2D eigenvalue weighted by molar-refractivity contribution is -0.117. The highest BCUT2D eigenvalue weighted by Crippen LogP contribution is 2.29. The van der Waals surface area contributed by atoms with Crippen LogP contribution in [0.4, 0.5) is 5.69 Å². The van der Waals surface area contributed by atoms with Crippen molar-refractivity contribution in [1.29, 1.82) is 0 Å². The zero-order valence-electron chi connectivity index (χ0n) is 15.8. The van der Waals surface area contributed by atoms with Crippen LogP contribution in [0.5, 0.6) is 0 Å². The number of nitrogens with one attached hydrogen (secondary N) is 1. The molecule has 2 aliphatic rings. The minimum atomic E-state index is 0.172. The number of carbonyl (C=O) groups excluding carboxylic acids is 1. The molecule has 0 unspecified atom stereocenters. The summed E-state index contributed by atoms with van der Waals surface area (Å²) < 4.78 is 7.61. The number of hydrogen-bond donors (Lipinski definition) is 1. The standard InChI is InChI=1S/C21H29BN2O2/c22-17-8-5-9-19-21(17)18(12-24(19)11-16-13-26-14-16)23-20(25)10-15-6-3-1-2-4-7-15/h5,8-9,12,15-16H,1-4,6-7,10-11,13-14,22H2,(H,23,25). The average Bonchev–Trinajstić information content (AvgIpc) is 2.75. The summed E-state index contributed by atoms with van der Waals surface area (Å²) in [6.45, 7) is 2.64.